The summed E-state index contributed by atoms with van der Waals surface area (Å²) < 4.78 is 23.3. The molecule has 0 unspecified atom stereocenters. The maximum Gasteiger partial charge on any atom is 0.306 e. The lowest BCUT2D eigenvalue weighted by Crippen LogP contribution is -2.70. The van der Waals surface area contributed by atoms with Gasteiger partial charge in [-0.15, -0.1) is 0 Å². The minimum Gasteiger partial charge on any atom is -0.450 e. The number of allylic oxidation sites excluding steroid dienone is 4. The van der Waals surface area contributed by atoms with Crippen molar-refractivity contribution in [3.05, 3.63) is 23.8 Å². The number of halogens is 1. The van der Waals surface area contributed by atoms with Gasteiger partial charge in [0.25, 0.3) is 0 Å². The average molecular weight is 477 g/mol. The van der Waals surface area contributed by atoms with Crippen LogP contribution >= 0.6 is 0 Å². The van der Waals surface area contributed by atoms with E-state index in [4.69, 9.17) is 4.74 Å². The number of carbonyl (C=O) groups is 3. The molecule has 4 rings (SSSR count). The molecule has 4 aliphatic carbocycles. The minimum atomic E-state index is -2.03. The third-order valence-corrected chi connectivity index (χ3v) is 9.75. The Labute approximate surface area is 200 Å². The summed E-state index contributed by atoms with van der Waals surface area (Å²) >= 11 is 0. The monoisotopic (exact) mass is 476 g/mol. The Morgan fingerprint density at radius 3 is 2.62 bits per heavy atom. The molecule has 0 saturated heterocycles. The quantitative estimate of drug-likeness (QED) is 0.568. The molecule has 188 valence electrons. The lowest BCUT2D eigenvalue weighted by atomic mass is 9.44. The normalized spacial score (nSPS) is 45.1. The third-order valence-electron chi connectivity index (χ3n) is 9.75. The molecule has 3 saturated carbocycles. The summed E-state index contributed by atoms with van der Waals surface area (Å²) in [5.74, 6) is -2.62. The highest BCUT2D eigenvalue weighted by molar-refractivity contribution is 6.01. The second-order valence-electron chi connectivity index (χ2n) is 11.3. The molecular formula is C27H37FO6. The van der Waals surface area contributed by atoms with Crippen LogP contribution in [-0.4, -0.2) is 51.7 Å². The van der Waals surface area contributed by atoms with E-state index in [1.165, 1.54) is 12.2 Å². The number of unbranched alkanes of at least 4 members (excludes halogenated alkanes) is 1. The predicted molar refractivity (Wildman–Crippen MR) is 123 cm³/mol. The molecule has 2 N–H and O–H groups in total. The molecule has 34 heavy (non-hydrogen) atoms. The van der Waals surface area contributed by atoms with Crippen LogP contribution in [0.5, 0.6) is 0 Å². The van der Waals surface area contributed by atoms with Crippen LogP contribution in [0.15, 0.2) is 23.8 Å². The van der Waals surface area contributed by atoms with E-state index in [0.717, 1.165) is 6.42 Å². The van der Waals surface area contributed by atoms with Gasteiger partial charge in [0.1, 0.15) is 6.61 Å². The lowest BCUT2D eigenvalue weighted by Gasteiger charge is -2.62. The molecule has 0 spiro atoms. The molecule has 0 bridgehead atoms. The first-order valence-electron chi connectivity index (χ1n) is 12.6. The maximum atomic E-state index is 17.3. The number of esters is 1. The lowest BCUT2D eigenvalue weighted by molar-refractivity contribution is -0.228. The summed E-state index contributed by atoms with van der Waals surface area (Å²) in [6, 6.07) is 0. The van der Waals surface area contributed by atoms with Crippen molar-refractivity contribution >= 4 is 17.5 Å². The van der Waals surface area contributed by atoms with Gasteiger partial charge in [-0.2, -0.15) is 0 Å². The molecule has 0 aromatic carbocycles. The van der Waals surface area contributed by atoms with Crippen LogP contribution < -0.4 is 0 Å². The highest BCUT2D eigenvalue weighted by Crippen LogP contribution is 2.71. The zero-order valence-corrected chi connectivity index (χ0v) is 20.6. The molecule has 3 fully saturated rings. The van der Waals surface area contributed by atoms with Gasteiger partial charge in [0.2, 0.25) is 5.78 Å². The topological polar surface area (TPSA) is 101 Å². The Kier molecular flexibility index (Phi) is 6.21. The number of ether oxygens (including phenoxy) is 1. The largest absolute Gasteiger partial charge is 0.450 e. The summed E-state index contributed by atoms with van der Waals surface area (Å²) in [7, 11) is 0. The number of fused-ring (bicyclic) bond motifs is 5. The summed E-state index contributed by atoms with van der Waals surface area (Å²) in [6.07, 6.45) is 5.92. The Morgan fingerprint density at radius 2 is 1.97 bits per heavy atom. The summed E-state index contributed by atoms with van der Waals surface area (Å²) in [5, 5.41) is 21.4. The van der Waals surface area contributed by atoms with Gasteiger partial charge in [0.05, 0.1) is 6.10 Å². The standard InChI is InChI=1S/C27H37FO6/c1-5-6-7-23(33)34-27(22(32)15-29)16(2)12-20-19-9-8-17-13-18(30)10-11-24(17,3)26(19,28)21(31)14-25(20,27)4/h10-11,13,16,19-21,29,31H,5-9,12,14-15H2,1-4H3/t16-,19+,20+,21-,24-,25-,26+,27+/m0/s1. The van der Waals surface area contributed by atoms with E-state index in [1.54, 1.807) is 13.0 Å². The molecule has 0 aliphatic heterocycles. The highest BCUT2D eigenvalue weighted by Gasteiger charge is 2.77. The van der Waals surface area contributed by atoms with Gasteiger partial charge in [-0.3, -0.25) is 14.4 Å². The van der Waals surface area contributed by atoms with Gasteiger partial charge >= 0.3 is 5.97 Å². The van der Waals surface area contributed by atoms with Crippen molar-refractivity contribution in [2.45, 2.75) is 90.0 Å². The van der Waals surface area contributed by atoms with Gasteiger partial charge < -0.3 is 14.9 Å². The van der Waals surface area contributed by atoms with Gasteiger partial charge in [-0.1, -0.05) is 38.8 Å². The van der Waals surface area contributed by atoms with Crippen molar-refractivity contribution in [2.75, 3.05) is 6.61 Å². The number of Topliss-reactive ketones (excluding diaryl/α,β-unsaturated/α-hetero) is 1. The van der Waals surface area contributed by atoms with Crippen LogP contribution in [0.3, 0.4) is 0 Å². The van der Waals surface area contributed by atoms with Crippen molar-refractivity contribution in [3.63, 3.8) is 0 Å². The summed E-state index contributed by atoms with van der Waals surface area (Å²) in [6.45, 7) is 6.55. The molecular weight excluding hydrogens is 439 g/mol. The molecule has 0 amide bonds. The van der Waals surface area contributed by atoms with Crippen molar-refractivity contribution in [3.8, 4) is 0 Å². The molecule has 7 heteroatoms. The Morgan fingerprint density at radius 1 is 1.26 bits per heavy atom. The molecule has 8 atom stereocenters. The van der Waals surface area contributed by atoms with Crippen LogP contribution in [-0.2, 0) is 19.1 Å². The van der Waals surface area contributed by atoms with E-state index >= 15 is 4.39 Å². The number of aliphatic hydroxyl groups is 2. The van der Waals surface area contributed by atoms with E-state index in [1.807, 2.05) is 20.8 Å². The molecule has 6 nitrogen and oxygen atoms in total. The zero-order chi connectivity index (χ0) is 25.1. The zero-order valence-electron chi connectivity index (χ0n) is 20.6. The highest BCUT2D eigenvalue weighted by atomic mass is 19.1. The smallest absolute Gasteiger partial charge is 0.306 e. The SMILES string of the molecule is CCCCC(=O)O[C@@]1(C(=O)CO)[C@@H](C)C[C@@H]2[C@H]3CCC4=CC(=O)C=C[C@]4(C)[C@]3(F)[C@@H](O)C[C@@]21C. The van der Waals surface area contributed by atoms with E-state index in [0.29, 0.717) is 31.3 Å². The van der Waals surface area contributed by atoms with Crippen molar-refractivity contribution in [1.29, 1.82) is 0 Å². The van der Waals surface area contributed by atoms with Crippen molar-refractivity contribution in [2.24, 2.45) is 28.6 Å². The van der Waals surface area contributed by atoms with Crippen molar-refractivity contribution in [1.82, 2.24) is 0 Å². The molecule has 4 aliphatic rings. The number of rotatable bonds is 6. The van der Waals surface area contributed by atoms with Gasteiger partial charge in [-0.05, 0) is 57.1 Å². The van der Waals surface area contributed by atoms with Crippen LogP contribution in [0.1, 0.15) is 72.6 Å². The number of hydrogen-bond acceptors (Lipinski definition) is 6. The first-order valence-corrected chi connectivity index (χ1v) is 12.6. The summed E-state index contributed by atoms with van der Waals surface area (Å²) in [5.41, 5.74) is -5.11. The number of aliphatic hydroxyl groups excluding tert-OH is 2. The molecule has 0 aromatic rings. The van der Waals surface area contributed by atoms with Gasteiger partial charge in [-0.25, -0.2) is 4.39 Å². The summed E-state index contributed by atoms with van der Waals surface area (Å²) in [4.78, 5) is 38.1. The Balaban J connectivity index is 1.80. The number of carbonyl (C=O) groups excluding carboxylic acids is 3. The predicted octanol–water partition coefficient (Wildman–Crippen LogP) is 3.64. The van der Waals surface area contributed by atoms with Crippen LogP contribution in [0, 0.1) is 28.6 Å². The van der Waals surface area contributed by atoms with E-state index in [-0.39, 0.29) is 24.5 Å². The Hall–Kier alpha value is -1.86. The van der Waals surface area contributed by atoms with Gasteiger partial charge in [0.15, 0.2) is 17.1 Å². The number of ketones is 2. The van der Waals surface area contributed by atoms with E-state index in [2.05, 4.69) is 0 Å². The second kappa shape index (κ2) is 8.37. The third kappa shape index (κ3) is 3.08. The van der Waals surface area contributed by atoms with Crippen molar-refractivity contribution < 1.29 is 33.7 Å². The van der Waals surface area contributed by atoms with Crippen LogP contribution in [0.4, 0.5) is 4.39 Å². The average Bonchev–Trinajstić information content (AvgIpc) is 3.00. The Bertz CT molecular complexity index is 957. The first-order chi connectivity index (χ1) is 15.9. The van der Waals surface area contributed by atoms with Gasteiger partial charge in [0, 0.05) is 29.1 Å². The molecule has 0 aromatic heterocycles. The minimum absolute atomic E-state index is 0.0769. The first kappa shape index (κ1) is 25.2. The van der Waals surface area contributed by atoms with E-state index in [9.17, 15) is 24.6 Å². The fraction of sp³-hybridized carbons (Fsp3) is 0.741. The fourth-order valence-corrected chi connectivity index (χ4v) is 8.07. The second-order valence-corrected chi connectivity index (χ2v) is 11.3. The number of alkyl halides is 1. The van der Waals surface area contributed by atoms with Crippen LogP contribution in [0.25, 0.3) is 0 Å². The number of hydrogen-bond donors (Lipinski definition) is 2. The van der Waals surface area contributed by atoms with E-state index < -0.39 is 58.4 Å². The molecule has 0 heterocycles. The maximum absolute atomic E-state index is 17.3. The fourth-order valence-electron chi connectivity index (χ4n) is 8.07. The van der Waals surface area contributed by atoms with Crippen LogP contribution in [0.2, 0.25) is 0 Å². The molecule has 0 radical (unpaired) electrons.